The Labute approximate surface area is 121 Å². The van der Waals surface area contributed by atoms with Crippen molar-refractivity contribution in [2.24, 2.45) is 11.7 Å². The van der Waals surface area contributed by atoms with Crippen LogP contribution in [0.15, 0.2) is 0 Å². The molecule has 2 unspecified atom stereocenters. The smallest absolute Gasteiger partial charge is 0.223 e. The number of nitrogens with two attached hydrogens (primary N) is 1. The van der Waals surface area contributed by atoms with Gasteiger partial charge in [-0.1, -0.05) is 13.3 Å². The van der Waals surface area contributed by atoms with E-state index in [1.807, 2.05) is 11.8 Å². The molecule has 2 N–H and O–H groups in total. The Hall–Kier alpha value is 0.0700. The predicted octanol–water partition coefficient (Wildman–Crippen LogP) is 2.28. The Morgan fingerprint density at radius 3 is 2.72 bits per heavy atom. The summed E-state index contributed by atoms with van der Waals surface area (Å²) in [4.78, 5) is 14.4. The van der Waals surface area contributed by atoms with E-state index in [1.54, 1.807) is 0 Å². The summed E-state index contributed by atoms with van der Waals surface area (Å²) in [5, 5.41) is 0.560. The first kappa shape index (κ1) is 16.1. The third-order valence-corrected chi connectivity index (χ3v) is 5.70. The van der Waals surface area contributed by atoms with Gasteiger partial charge >= 0.3 is 0 Å². The highest BCUT2D eigenvalue weighted by Gasteiger charge is 2.32. The number of carbonyl (C=O) groups is 1. The van der Waals surface area contributed by atoms with E-state index in [0.717, 1.165) is 25.1 Å². The third kappa shape index (κ3) is 3.55. The number of amides is 1. The molecule has 3 nitrogen and oxygen atoms in total. The number of nitrogens with zero attached hydrogens (tertiary/aromatic N) is 1. The molecule has 0 aromatic heterocycles. The molecule has 1 aliphatic carbocycles. The highest BCUT2D eigenvalue weighted by Crippen LogP contribution is 2.30. The fraction of sp³-hybridized carbons (Fsp3) is 0.923. The van der Waals surface area contributed by atoms with Gasteiger partial charge in [0.1, 0.15) is 0 Å². The second kappa shape index (κ2) is 7.01. The van der Waals surface area contributed by atoms with Crippen molar-refractivity contribution in [3.63, 3.8) is 0 Å². The molecule has 1 amide bonds. The highest BCUT2D eigenvalue weighted by atomic mass is 35.5. The van der Waals surface area contributed by atoms with E-state index >= 15 is 0 Å². The molecule has 0 spiro atoms. The minimum absolute atomic E-state index is 0. The summed E-state index contributed by atoms with van der Waals surface area (Å²) in [5.74, 6) is 1.83. The van der Waals surface area contributed by atoms with Crippen LogP contribution >= 0.6 is 24.2 Å². The predicted molar refractivity (Wildman–Crippen MR) is 80.3 cm³/mol. The van der Waals surface area contributed by atoms with Crippen molar-refractivity contribution >= 4 is 30.1 Å². The van der Waals surface area contributed by atoms with Crippen LogP contribution in [0.4, 0.5) is 0 Å². The van der Waals surface area contributed by atoms with E-state index in [0.29, 0.717) is 29.5 Å². The number of rotatable bonds is 2. The molecular weight excluding hydrogens is 268 g/mol. The van der Waals surface area contributed by atoms with Gasteiger partial charge < -0.3 is 10.6 Å². The standard InChI is InChI=1S/C13H24N2OS.ClH/c1-9-10(2)17-7-6-15(9)13(16)8-11-4-3-5-12(11)14;/h9-12H,3-8,14H2,1-2H3;1H/t9?,10?,11-,12+;/m0./s1. The summed E-state index contributed by atoms with van der Waals surface area (Å²) in [6, 6.07) is 0.629. The third-order valence-electron chi connectivity index (χ3n) is 4.36. The number of carbonyl (C=O) groups excluding carboxylic acids is 1. The Morgan fingerprint density at radius 1 is 1.39 bits per heavy atom. The zero-order valence-electron chi connectivity index (χ0n) is 11.3. The van der Waals surface area contributed by atoms with Crippen LogP contribution in [0, 0.1) is 5.92 Å². The van der Waals surface area contributed by atoms with E-state index in [1.165, 1.54) is 6.42 Å². The minimum Gasteiger partial charge on any atom is -0.338 e. The molecule has 106 valence electrons. The fourth-order valence-electron chi connectivity index (χ4n) is 2.95. The van der Waals surface area contributed by atoms with E-state index in [4.69, 9.17) is 5.73 Å². The molecule has 1 saturated heterocycles. The lowest BCUT2D eigenvalue weighted by molar-refractivity contribution is -0.134. The van der Waals surface area contributed by atoms with E-state index in [2.05, 4.69) is 18.7 Å². The van der Waals surface area contributed by atoms with Crippen molar-refractivity contribution in [2.75, 3.05) is 12.3 Å². The number of halogens is 1. The molecule has 2 aliphatic rings. The lowest BCUT2D eigenvalue weighted by atomic mass is 9.99. The van der Waals surface area contributed by atoms with Crippen LogP contribution < -0.4 is 5.73 Å². The van der Waals surface area contributed by atoms with Crippen LogP contribution in [0.1, 0.15) is 39.5 Å². The van der Waals surface area contributed by atoms with Crippen LogP contribution in [-0.2, 0) is 4.79 Å². The van der Waals surface area contributed by atoms with Crippen molar-refractivity contribution in [1.29, 1.82) is 0 Å². The summed E-state index contributed by atoms with van der Waals surface area (Å²) in [5.41, 5.74) is 6.04. The lowest BCUT2D eigenvalue weighted by Gasteiger charge is -2.38. The van der Waals surface area contributed by atoms with Gasteiger partial charge in [-0.2, -0.15) is 11.8 Å². The summed E-state index contributed by atoms with van der Waals surface area (Å²) in [6.45, 7) is 5.30. The Kier molecular flexibility index (Phi) is 6.28. The van der Waals surface area contributed by atoms with Gasteiger partial charge in [-0.15, -0.1) is 12.4 Å². The van der Waals surface area contributed by atoms with Crippen LogP contribution in [0.25, 0.3) is 0 Å². The summed E-state index contributed by atoms with van der Waals surface area (Å²) < 4.78 is 0. The molecule has 1 aliphatic heterocycles. The van der Waals surface area contributed by atoms with Gasteiger partial charge in [0.15, 0.2) is 0 Å². The van der Waals surface area contributed by atoms with Crippen LogP contribution in [0.3, 0.4) is 0 Å². The van der Waals surface area contributed by atoms with Gasteiger partial charge in [0.2, 0.25) is 5.91 Å². The van der Waals surface area contributed by atoms with Crippen molar-refractivity contribution in [1.82, 2.24) is 4.90 Å². The molecule has 5 heteroatoms. The molecule has 18 heavy (non-hydrogen) atoms. The fourth-order valence-corrected chi connectivity index (χ4v) is 4.04. The van der Waals surface area contributed by atoms with Crippen LogP contribution in [-0.4, -0.2) is 40.4 Å². The molecular formula is C13H25ClN2OS. The van der Waals surface area contributed by atoms with Gasteiger partial charge in [-0.05, 0) is 25.7 Å². The maximum absolute atomic E-state index is 12.3. The van der Waals surface area contributed by atoms with Crippen molar-refractivity contribution < 1.29 is 4.79 Å². The van der Waals surface area contributed by atoms with Gasteiger partial charge in [0.05, 0.1) is 0 Å². The molecule has 2 fully saturated rings. The van der Waals surface area contributed by atoms with E-state index in [-0.39, 0.29) is 18.4 Å². The maximum Gasteiger partial charge on any atom is 0.223 e. The Balaban J connectivity index is 0.00000162. The topological polar surface area (TPSA) is 46.3 Å². The quantitative estimate of drug-likeness (QED) is 0.849. The first-order valence-corrected chi connectivity index (χ1v) is 7.81. The van der Waals surface area contributed by atoms with Crippen molar-refractivity contribution in [2.45, 2.75) is 56.9 Å². The Morgan fingerprint density at radius 2 is 2.11 bits per heavy atom. The second-order valence-electron chi connectivity index (χ2n) is 5.46. The first-order chi connectivity index (χ1) is 8.09. The highest BCUT2D eigenvalue weighted by molar-refractivity contribution is 8.00. The second-order valence-corrected chi connectivity index (χ2v) is 6.95. The summed E-state index contributed by atoms with van der Waals surface area (Å²) in [7, 11) is 0. The normalized spacial score (nSPS) is 36.3. The number of hydrogen-bond donors (Lipinski definition) is 1. The molecule has 2 rings (SSSR count). The SMILES string of the molecule is CC1SCCN(C(=O)C[C@@H]2CCC[C@H]2N)C1C.Cl. The van der Waals surface area contributed by atoms with Gasteiger partial charge in [-0.25, -0.2) is 0 Å². The Bertz CT molecular complexity index is 290. The van der Waals surface area contributed by atoms with E-state index < -0.39 is 0 Å². The monoisotopic (exact) mass is 292 g/mol. The molecule has 0 aromatic rings. The van der Waals surface area contributed by atoms with Gasteiger partial charge in [0.25, 0.3) is 0 Å². The summed E-state index contributed by atoms with van der Waals surface area (Å²) >= 11 is 1.97. The lowest BCUT2D eigenvalue weighted by Crippen LogP contribution is -2.48. The molecule has 0 bridgehead atoms. The average molecular weight is 293 g/mol. The van der Waals surface area contributed by atoms with E-state index in [9.17, 15) is 4.79 Å². The summed E-state index contributed by atoms with van der Waals surface area (Å²) in [6.07, 6.45) is 4.10. The minimum atomic E-state index is 0. The molecule has 4 atom stereocenters. The van der Waals surface area contributed by atoms with Crippen molar-refractivity contribution in [3.8, 4) is 0 Å². The largest absolute Gasteiger partial charge is 0.338 e. The first-order valence-electron chi connectivity index (χ1n) is 6.76. The molecule has 0 aromatic carbocycles. The zero-order valence-corrected chi connectivity index (χ0v) is 12.9. The molecule has 1 saturated carbocycles. The number of thioether (sulfide) groups is 1. The van der Waals surface area contributed by atoms with Crippen LogP contribution in [0.2, 0.25) is 0 Å². The average Bonchev–Trinajstić information content (AvgIpc) is 2.68. The van der Waals surface area contributed by atoms with Gasteiger partial charge in [-0.3, -0.25) is 4.79 Å². The van der Waals surface area contributed by atoms with Crippen molar-refractivity contribution in [3.05, 3.63) is 0 Å². The maximum atomic E-state index is 12.3. The molecule has 0 radical (unpaired) electrons. The molecule has 1 heterocycles. The van der Waals surface area contributed by atoms with Gasteiger partial charge in [0, 0.05) is 36.1 Å². The number of hydrogen-bond acceptors (Lipinski definition) is 3. The zero-order chi connectivity index (χ0) is 12.4. The van der Waals surface area contributed by atoms with Crippen LogP contribution in [0.5, 0.6) is 0 Å².